The maximum absolute atomic E-state index is 14.7. The molecule has 0 spiro atoms. The molecule has 198 valence electrons. The van der Waals surface area contributed by atoms with Crippen molar-refractivity contribution in [2.24, 2.45) is 22.7 Å². The lowest BCUT2D eigenvalue weighted by atomic mass is 9.60. The largest absolute Gasteiger partial charge is 0.416 e. The maximum Gasteiger partial charge on any atom is 0.416 e. The third kappa shape index (κ3) is 3.10. The molecule has 0 unspecified atom stereocenters. The molecule has 1 heterocycles. The van der Waals surface area contributed by atoms with Gasteiger partial charge in [-0.15, -0.1) is 0 Å². The first-order valence-corrected chi connectivity index (χ1v) is 13.1. The molecule has 1 aliphatic heterocycles. The number of imide groups is 1. The number of amides is 2. The van der Waals surface area contributed by atoms with Crippen molar-refractivity contribution in [3.63, 3.8) is 0 Å². The second-order valence-corrected chi connectivity index (χ2v) is 10.5. The Morgan fingerprint density at radius 2 is 1.15 bits per heavy atom. The Kier molecular flexibility index (Phi) is 5.51. The van der Waals surface area contributed by atoms with Gasteiger partial charge in [-0.3, -0.25) is 14.4 Å². The quantitative estimate of drug-likeness (QED) is 0.341. The summed E-state index contributed by atoms with van der Waals surface area (Å²) in [5.41, 5.74) is -0.529. The normalized spacial score (nSPS) is 28.0. The topological polar surface area (TPSA) is 54.5 Å². The SMILES string of the molecule is CC[C@@]12C(=O)[C@@](CC)(C(c3ccccc3)=C1c1ccccc1)[C@H]1C(=O)N(c3cccc(C(F)(F)F)c3)C(=O)[C@H]12. The maximum atomic E-state index is 14.7. The van der Waals surface area contributed by atoms with Crippen LogP contribution in [0.5, 0.6) is 0 Å². The first-order chi connectivity index (χ1) is 18.6. The van der Waals surface area contributed by atoms with Crippen molar-refractivity contribution >= 4 is 34.4 Å². The summed E-state index contributed by atoms with van der Waals surface area (Å²) in [5, 5.41) is 0. The van der Waals surface area contributed by atoms with Crippen molar-refractivity contribution in [3.8, 4) is 0 Å². The van der Waals surface area contributed by atoms with Crippen molar-refractivity contribution in [2.45, 2.75) is 32.9 Å². The van der Waals surface area contributed by atoms with E-state index < -0.39 is 46.2 Å². The van der Waals surface area contributed by atoms with Crippen LogP contribution in [0.4, 0.5) is 18.9 Å². The van der Waals surface area contributed by atoms with Gasteiger partial charge in [0.05, 0.1) is 33.9 Å². The molecular weight excluding hydrogens is 503 g/mol. The van der Waals surface area contributed by atoms with Crippen LogP contribution < -0.4 is 4.90 Å². The lowest BCUT2D eigenvalue weighted by Crippen LogP contribution is -2.41. The predicted molar refractivity (Wildman–Crippen MR) is 141 cm³/mol. The molecule has 0 N–H and O–H groups in total. The molecule has 3 aliphatic rings. The highest BCUT2D eigenvalue weighted by Crippen LogP contribution is 2.75. The lowest BCUT2D eigenvalue weighted by Gasteiger charge is -2.38. The standard InChI is InChI=1S/C32H26F3NO3/c1-3-30-23(19-12-7-5-8-13-19)24(20-14-9-6-10-15-20)31(4-2,29(30)39)26-25(30)27(37)36(28(26)38)22-17-11-16-21(18-22)32(33,34)35/h5-18,25-26H,3-4H2,1-2H3/t25-,26+,30+,31-. The van der Waals surface area contributed by atoms with Crippen LogP contribution in [-0.4, -0.2) is 17.6 Å². The van der Waals surface area contributed by atoms with E-state index in [-0.39, 0.29) is 24.3 Å². The summed E-state index contributed by atoms with van der Waals surface area (Å²) in [6.07, 6.45) is -4.07. The second-order valence-electron chi connectivity index (χ2n) is 10.5. The number of alkyl halides is 3. The van der Waals surface area contributed by atoms with Crippen LogP contribution in [0.1, 0.15) is 43.4 Å². The Morgan fingerprint density at radius 1 is 0.692 bits per heavy atom. The number of nitrogens with zero attached hydrogens (tertiary/aromatic N) is 1. The zero-order chi connectivity index (χ0) is 27.7. The van der Waals surface area contributed by atoms with Gasteiger partial charge >= 0.3 is 6.18 Å². The van der Waals surface area contributed by atoms with Crippen LogP contribution in [0, 0.1) is 22.7 Å². The van der Waals surface area contributed by atoms with Gasteiger partial charge in [-0.25, -0.2) is 4.90 Å². The highest BCUT2D eigenvalue weighted by atomic mass is 19.4. The van der Waals surface area contributed by atoms with Crippen LogP contribution in [-0.2, 0) is 20.6 Å². The van der Waals surface area contributed by atoms with Gasteiger partial charge < -0.3 is 0 Å². The molecule has 1 saturated heterocycles. The van der Waals surface area contributed by atoms with Crippen molar-refractivity contribution < 1.29 is 27.6 Å². The average Bonchev–Trinajstić information content (AvgIpc) is 3.44. The number of carbonyl (C=O) groups is 3. The number of benzene rings is 3. The van der Waals surface area contributed by atoms with Gasteiger partial charge in [-0.05, 0) is 53.3 Å². The molecule has 0 radical (unpaired) electrons. The molecule has 2 amide bonds. The monoisotopic (exact) mass is 529 g/mol. The van der Waals surface area contributed by atoms with E-state index in [1.807, 2.05) is 74.5 Å². The van der Waals surface area contributed by atoms with Crippen LogP contribution in [0.25, 0.3) is 11.1 Å². The smallest absolute Gasteiger partial charge is 0.298 e. The fourth-order valence-electron chi connectivity index (χ4n) is 7.53. The lowest BCUT2D eigenvalue weighted by molar-refractivity contribution is -0.137. The molecule has 4 nitrogen and oxygen atoms in total. The highest BCUT2D eigenvalue weighted by molar-refractivity contribution is 6.34. The van der Waals surface area contributed by atoms with E-state index in [0.717, 1.165) is 39.3 Å². The minimum atomic E-state index is -4.63. The number of rotatable bonds is 5. The fraction of sp³-hybridized carbons (Fsp3) is 0.281. The number of carbonyl (C=O) groups excluding carboxylic acids is 3. The number of ketones is 1. The summed E-state index contributed by atoms with van der Waals surface area (Å²) in [6, 6.07) is 23.2. The third-order valence-corrected chi connectivity index (χ3v) is 8.99. The first kappa shape index (κ1) is 25.3. The molecule has 2 bridgehead atoms. The van der Waals surface area contributed by atoms with Crippen LogP contribution in [0.2, 0.25) is 0 Å². The van der Waals surface area contributed by atoms with Gasteiger partial charge in [0.1, 0.15) is 0 Å². The predicted octanol–water partition coefficient (Wildman–Crippen LogP) is 6.81. The summed E-state index contributed by atoms with van der Waals surface area (Å²) in [6.45, 7) is 3.70. The number of allylic oxidation sites excluding steroid dienone is 2. The number of hydrogen-bond acceptors (Lipinski definition) is 3. The van der Waals surface area contributed by atoms with E-state index in [4.69, 9.17) is 0 Å². The van der Waals surface area contributed by atoms with Gasteiger partial charge in [-0.1, -0.05) is 80.6 Å². The molecule has 7 heteroatoms. The summed E-state index contributed by atoms with van der Waals surface area (Å²) >= 11 is 0. The molecule has 39 heavy (non-hydrogen) atoms. The molecular formula is C32H26F3NO3. The van der Waals surface area contributed by atoms with Gasteiger partial charge in [0.25, 0.3) is 0 Å². The molecule has 6 rings (SSSR count). The van der Waals surface area contributed by atoms with E-state index in [9.17, 15) is 27.6 Å². The zero-order valence-corrected chi connectivity index (χ0v) is 21.5. The summed E-state index contributed by atoms with van der Waals surface area (Å²) < 4.78 is 40.6. The second kappa shape index (κ2) is 8.50. The van der Waals surface area contributed by atoms with E-state index >= 15 is 0 Å². The number of halogens is 3. The average molecular weight is 530 g/mol. The number of hydrogen-bond donors (Lipinski definition) is 0. The molecule has 3 aromatic rings. The Labute approximate surface area is 224 Å². The number of anilines is 1. The molecule has 4 atom stereocenters. The van der Waals surface area contributed by atoms with E-state index in [1.54, 1.807) is 0 Å². The summed E-state index contributed by atoms with van der Waals surface area (Å²) in [4.78, 5) is 43.9. The van der Waals surface area contributed by atoms with Crippen molar-refractivity contribution in [1.82, 2.24) is 0 Å². The highest BCUT2D eigenvalue weighted by Gasteiger charge is 2.80. The number of fused-ring (bicyclic) bond motifs is 5. The van der Waals surface area contributed by atoms with Gasteiger partial charge in [0.15, 0.2) is 5.78 Å². The Morgan fingerprint density at radius 3 is 1.56 bits per heavy atom. The van der Waals surface area contributed by atoms with E-state index in [2.05, 4.69) is 0 Å². The van der Waals surface area contributed by atoms with Crippen molar-refractivity contribution in [3.05, 3.63) is 102 Å². The Bertz CT molecular complexity index is 1460. The van der Waals surface area contributed by atoms with Crippen LogP contribution >= 0.6 is 0 Å². The summed E-state index contributed by atoms with van der Waals surface area (Å²) in [7, 11) is 0. The van der Waals surface area contributed by atoms with Crippen molar-refractivity contribution in [2.75, 3.05) is 4.90 Å². The zero-order valence-electron chi connectivity index (χ0n) is 21.5. The fourth-order valence-corrected chi connectivity index (χ4v) is 7.53. The van der Waals surface area contributed by atoms with Crippen LogP contribution in [0.15, 0.2) is 84.9 Å². The molecule has 3 aromatic carbocycles. The molecule has 0 aromatic heterocycles. The number of Topliss-reactive ketones (excluding diaryl/α,β-unsaturated/α-hetero) is 1. The van der Waals surface area contributed by atoms with E-state index in [1.165, 1.54) is 12.1 Å². The minimum absolute atomic E-state index is 0.124. The Balaban J connectivity index is 1.63. The van der Waals surface area contributed by atoms with Gasteiger partial charge in [0.2, 0.25) is 11.8 Å². The van der Waals surface area contributed by atoms with Gasteiger partial charge in [0, 0.05) is 0 Å². The van der Waals surface area contributed by atoms with Crippen molar-refractivity contribution in [1.29, 1.82) is 0 Å². The molecule has 2 aliphatic carbocycles. The van der Waals surface area contributed by atoms with E-state index in [0.29, 0.717) is 0 Å². The Hall–Kier alpha value is -4.00. The first-order valence-electron chi connectivity index (χ1n) is 13.1. The summed E-state index contributed by atoms with van der Waals surface area (Å²) in [5.74, 6) is -3.37. The minimum Gasteiger partial charge on any atom is -0.298 e. The molecule has 1 saturated carbocycles. The third-order valence-electron chi connectivity index (χ3n) is 8.99. The van der Waals surface area contributed by atoms with Crippen LogP contribution in [0.3, 0.4) is 0 Å². The molecule has 2 fully saturated rings. The van der Waals surface area contributed by atoms with Gasteiger partial charge in [-0.2, -0.15) is 13.2 Å².